The van der Waals surface area contributed by atoms with Gasteiger partial charge in [0, 0.05) is 23.3 Å². The minimum absolute atomic E-state index is 0.410. The summed E-state index contributed by atoms with van der Waals surface area (Å²) in [6, 6.07) is 8.06. The summed E-state index contributed by atoms with van der Waals surface area (Å²) in [5, 5.41) is 12.4. The average Bonchev–Trinajstić information content (AvgIpc) is 2.38. The van der Waals surface area contributed by atoms with Crippen molar-refractivity contribution in [1.29, 1.82) is 0 Å². The minimum atomic E-state index is -0.410. The lowest BCUT2D eigenvalue weighted by atomic mass is 10.0. The fourth-order valence-corrected chi connectivity index (χ4v) is 2.58. The van der Waals surface area contributed by atoms with Gasteiger partial charge in [-0.15, -0.1) is 0 Å². The van der Waals surface area contributed by atoms with Crippen LogP contribution in [0.4, 0.5) is 0 Å². The van der Waals surface area contributed by atoms with Crippen molar-refractivity contribution in [3.63, 3.8) is 0 Å². The third kappa shape index (κ3) is 2.99. The monoisotopic (exact) mass is 247 g/mol. The number of benzene rings is 1. The molecule has 0 bridgehead atoms. The zero-order chi connectivity index (χ0) is 12.1. The van der Waals surface area contributed by atoms with Gasteiger partial charge in [-0.25, -0.2) is 0 Å². The first-order valence-electron chi connectivity index (χ1n) is 5.91. The summed E-state index contributed by atoms with van der Waals surface area (Å²) in [5.74, 6) is 2.08. The van der Waals surface area contributed by atoms with Crippen LogP contribution in [-0.4, -0.2) is 21.6 Å². The van der Waals surface area contributed by atoms with E-state index < -0.39 is 6.10 Å². The van der Waals surface area contributed by atoms with Crippen LogP contribution >= 0.6 is 11.8 Å². The summed E-state index contributed by atoms with van der Waals surface area (Å²) >= 11 is 1.86. The molecule has 2 aromatic rings. The van der Waals surface area contributed by atoms with Gasteiger partial charge < -0.3 is 5.11 Å². The molecule has 1 heterocycles. The average molecular weight is 247 g/mol. The van der Waals surface area contributed by atoms with Gasteiger partial charge in [0.05, 0.1) is 6.10 Å². The number of thioether (sulfide) groups is 1. The molecule has 0 aliphatic heterocycles. The zero-order valence-electron chi connectivity index (χ0n) is 9.97. The Morgan fingerprint density at radius 3 is 2.94 bits per heavy atom. The molecule has 90 valence electrons. The number of aromatic nitrogens is 1. The standard InChI is InChI=1S/C14H17NOS/c1-2-17-8-7-14(16)13-10-15-9-11-5-3-4-6-12(11)13/h3-6,9-10,14,16H,2,7-8H2,1H3. The van der Waals surface area contributed by atoms with E-state index in [1.165, 1.54) is 0 Å². The van der Waals surface area contributed by atoms with Crippen molar-refractivity contribution in [2.45, 2.75) is 19.4 Å². The van der Waals surface area contributed by atoms with Crippen LogP contribution in [0.5, 0.6) is 0 Å². The Balaban J connectivity index is 2.22. The van der Waals surface area contributed by atoms with E-state index in [4.69, 9.17) is 0 Å². The Hall–Kier alpha value is -1.06. The van der Waals surface area contributed by atoms with E-state index >= 15 is 0 Å². The summed E-state index contributed by atoms with van der Waals surface area (Å²) in [6.45, 7) is 2.14. The fraction of sp³-hybridized carbons (Fsp3) is 0.357. The number of hydrogen-bond acceptors (Lipinski definition) is 3. The number of aliphatic hydroxyl groups is 1. The van der Waals surface area contributed by atoms with Gasteiger partial charge in [-0.3, -0.25) is 4.98 Å². The highest BCUT2D eigenvalue weighted by atomic mass is 32.2. The molecule has 0 aliphatic carbocycles. The highest BCUT2D eigenvalue weighted by molar-refractivity contribution is 7.99. The van der Waals surface area contributed by atoms with Crippen molar-refractivity contribution < 1.29 is 5.11 Å². The van der Waals surface area contributed by atoms with E-state index in [2.05, 4.69) is 11.9 Å². The minimum Gasteiger partial charge on any atom is -0.388 e. The van der Waals surface area contributed by atoms with E-state index in [1.807, 2.05) is 42.2 Å². The van der Waals surface area contributed by atoms with E-state index in [1.54, 1.807) is 6.20 Å². The first-order valence-corrected chi connectivity index (χ1v) is 7.07. The number of fused-ring (bicyclic) bond motifs is 1. The van der Waals surface area contributed by atoms with Crippen molar-refractivity contribution >= 4 is 22.5 Å². The fourth-order valence-electron chi connectivity index (χ4n) is 1.90. The van der Waals surface area contributed by atoms with E-state index in [-0.39, 0.29) is 0 Å². The molecule has 0 saturated heterocycles. The van der Waals surface area contributed by atoms with Gasteiger partial charge in [-0.05, 0) is 23.3 Å². The summed E-state index contributed by atoms with van der Waals surface area (Å²) < 4.78 is 0. The van der Waals surface area contributed by atoms with Gasteiger partial charge in [-0.1, -0.05) is 31.2 Å². The van der Waals surface area contributed by atoms with Crippen LogP contribution in [0.2, 0.25) is 0 Å². The van der Waals surface area contributed by atoms with Crippen molar-refractivity contribution in [2.75, 3.05) is 11.5 Å². The maximum Gasteiger partial charge on any atom is 0.0818 e. The molecular formula is C14H17NOS. The van der Waals surface area contributed by atoms with Crippen LogP contribution in [0, 0.1) is 0 Å². The molecule has 2 nitrogen and oxygen atoms in total. The topological polar surface area (TPSA) is 33.1 Å². The van der Waals surface area contributed by atoms with Crippen LogP contribution in [0.25, 0.3) is 10.8 Å². The Morgan fingerprint density at radius 1 is 1.29 bits per heavy atom. The summed E-state index contributed by atoms with van der Waals surface area (Å²) in [6.07, 6.45) is 4.00. The molecule has 0 radical (unpaired) electrons. The van der Waals surface area contributed by atoms with Crippen LogP contribution in [0.3, 0.4) is 0 Å². The van der Waals surface area contributed by atoms with Crippen molar-refractivity contribution in [1.82, 2.24) is 4.98 Å². The van der Waals surface area contributed by atoms with Crippen LogP contribution in [0.1, 0.15) is 25.0 Å². The maximum absolute atomic E-state index is 10.2. The first-order chi connectivity index (χ1) is 8.33. The second-order valence-corrected chi connectivity index (χ2v) is 5.35. The van der Waals surface area contributed by atoms with Crippen molar-refractivity contribution in [3.05, 3.63) is 42.2 Å². The summed E-state index contributed by atoms with van der Waals surface area (Å²) in [5.41, 5.74) is 0.944. The van der Waals surface area contributed by atoms with Crippen LogP contribution < -0.4 is 0 Å². The first kappa shape index (κ1) is 12.4. The molecule has 0 amide bonds. The van der Waals surface area contributed by atoms with Crippen LogP contribution in [-0.2, 0) is 0 Å². The van der Waals surface area contributed by atoms with Gasteiger partial charge in [0.25, 0.3) is 0 Å². The predicted octanol–water partition coefficient (Wildman–Crippen LogP) is 3.41. The lowest BCUT2D eigenvalue weighted by Crippen LogP contribution is -2.01. The van der Waals surface area contributed by atoms with E-state index in [0.717, 1.165) is 34.3 Å². The summed E-state index contributed by atoms with van der Waals surface area (Å²) in [7, 11) is 0. The lowest BCUT2D eigenvalue weighted by Gasteiger charge is -2.12. The Kier molecular flexibility index (Phi) is 4.40. The Morgan fingerprint density at radius 2 is 2.12 bits per heavy atom. The third-order valence-corrected chi connectivity index (χ3v) is 3.73. The molecule has 1 N–H and O–H groups in total. The lowest BCUT2D eigenvalue weighted by molar-refractivity contribution is 0.176. The van der Waals surface area contributed by atoms with E-state index in [0.29, 0.717) is 0 Å². The maximum atomic E-state index is 10.2. The predicted molar refractivity (Wildman–Crippen MR) is 74.3 cm³/mol. The Labute approximate surface area is 106 Å². The number of hydrogen-bond donors (Lipinski definition) is 1. The SMILES string of the molecule is CCSCCC(O)c1cncc2ccccc12. The number of pyridine rings is 1. The Bertz CT molecular complexity index is 481. The van der Waals surface area contributed by atoms with Gasteiger partial charge in [-0.2, -0.15) is 11.8 Å². The second-order valence-electron chi connectivity index (χ2n) is 3.95. The molecule has 1 aromatic heterocycles. The molecule has 1 aromatic carbocycles. The molecule has 0 saturated carbocycles. The van der Waals surface area contributed by atoms with Crippen molar-refractivity contribution in [3.8, 4) is 0 Å². The largest absolute Gasteiger partial charge is 0.388 e. The third-order valence-electron chi connectivity index (χ3n) is 2.80. The number of rotatable bonds is 5. The smallest absolute Gasteiger partial charge is 0.0818 e. The molecule has 2 rings (SSSR count). The molecule has 0 spiro atoms. The molecule has 17 heavy (non-hydrogen) atoms. The molecule has 0 fully saturated rings. The van der Waals surface area contributed by atoms with E-state index in [9.17, 15) is 5.11 Å². The second kappa shape index (κ2) is 6.03. The van der Waals surface area contributed by atoms with Gasteiger partial charge in [0.2, 0.25) is 0 Å². The van der Waals surface area contributed by atoms with Crippen molar-refractivity contribution in [2.24, 2.45) is 0 Å². The highest BCUT2D eigenvalue weighted by Gasteiger charge is 2.10. The normalized spacial score (nSPS) is 12.8. The van der Waals surface area contributed by atoms with Gasteiger partial charge >= 0.3 is 0 Å². The van der Waals surface area contributed by atoms with Crippen LogP contribution in [0.15, 0.2) is 36.7 Å². The summed E-state index contributed by atoms with van der Waals surface area (Å²) in [4.78, 5) is 4.20. The zero-order valence-corrected chi connectivity index (χ0v) is 10.8. The van der Waals surface area contributed by atoms with Gasteiger partial charge in [0.15, 0.2) is 0 Å². The number of nitrogens with zero attached hydrogens (tertiary/aromatic N) is 1. The molecule has 0 aliphatic rings. The quantitative estimate of drug-likeness (QED) is 0.822. The molecule has 3 heteroatoms. The highest BCUT2D eigenvalue weighted by Crippen LogP contribution is 2.25. The number of aliphatic hydroxyl groups excluding tert-OH is 1. The molecular weight excluding hydrogens is 230 g/mol. The molecule has 1 unspecified atom stereocenters. The molecule has 1 atom stereocenters. The van der Waals surface area contributed by atoms with Gasteiger partial charge in [0.1, 0.15) is 0 Å².